The number of esters is 4. The molecule has 3 N–H and O–H groups in total. The summed E-state index contributed by atoms with van der Waals surface area (Å²) < 4.78 is 68.5. The van der Waals surface area contributed by atoms with E-state index in [1.807, 2.05) is 0 Å². The Bertz CT molecular complexity index is 1860. The van der Waals surface area contributed by atoms with Gasteiger partial charge in [-0.05, 0) is 37.5 Å². The van der Waals surface area contributed by atoms with Gasteiger partial charge in [-0.25, -0.2) is 9.13 Å². The highest BCUT2D eigenvalue weighted by Gasteiger charge is 2.30. The summed E-state index contributed by atoms with van der Waals surface area (Å²) in [5.74, 6) is -0.608. The molecule has 0 heterocycles. The molecule has 0 spiro atoms. The number of aliphatic hydroxyl groups is 1. The lowest BCUT2D eigenvalue weighted by Gasteiger charge is -2.21. The van der Waals surface area contributed by atoms with Gasteiger partial charge in [0.05, 0.1) is 26.4 Å². The lowest BCUT2D eigenvalue weighted by atomic mass is 10.0. The van der Waals surface area contributed by atoms with E-state index in [9.17, 15) is 43.2 Å². The van der Waals surface area contributed by atoms with Gasteiger partial charge in [-0.3, -0.25) is 37.3 Å². The van der Waals surface area contributed by atoms with Gasteiger partial charge in [0, 0.05) is 25.7 Å². The lowest BCUT2D eigenvalue weighted by molar-refractivity contribution is -0.161. The van der Waals surface area contributed by atoms with Crippen LogP contribution in [-0.4, -0.2) is 96.7 Å². The van der Waals surface area contributed by atoms with Crippen LogP contribution in [0.1, 0.15) is 401 Å². The van der Waals surface area contributed by atoms with Crippen LogP contribution in [0.5, 0.6) is 0 Å². The fraction of sp³-hybridized carbons (Fsp3) is 0.948. The molecule has 0 aromatic rings. The fourth-order valence-electron chi connectivity index (χ4n) is 11.8. The van der Waals surface area contributed by atoms with Gasteiger partial charge in [-0.15, -0.1) is 0 Å². The van der Waals surface area contributed by atoms with E-state index in [0.717, 1.165) is 102 Å². The van der Waals surface area contributed by atoms with Gasteiger partial charge < -0.3 is 33.8 Å². The second kappa shape index (κ2) is 68.8. The number of hydrogen-bond acceptors (Lipinski definition) is 15. The predicted molar refractivity (Wildman–Crippen MR) is 391 cm³/mol. The van der Waals surface area contributed by atoms with E-state index in [4.69, 9.17) is 37.0 Å². The molecule has 0 radical (unpaired) electrons. The Hall–Kier alpha value is -1.94. The molecular weight excluding hydrogens is 1260 g/mol. The van der Waals surface area contributed by atoms with Crippen LogP contribution in [0.15, 0.2) is 0 Å². The molecule has 2 unspecified atom stereocenters. The van der Waals surface area contributed by atoms with Gasteiger partial charge in [-0.1, -0.05) is 350 Å². The smallest absolute Gasteiger partial charge is 0.462 e. The highest BCUT2D eigenvalue weighted by molar-refractivity contribution is 7.47. The first-order valence-corrected chi connectivity index (χ1v) is 43.0. The minimum absolute atomic E-state index is 0.105. The molecule has 0 fully saturated rings. The largest absolute Gasteiger partial charge is 0.472 e. The molecule has 0 aliphatic carbocycles. The number of aliphatic hydroxyl groups excluding tert-OH is 1. The van der Waals surface area contributed by atoms with Gasteiger partial charge in [0.15, 0.2) is 12.2 Å². The van der Waals surface area contributed by atoms with Crippen molar-refractivity contribution in [3.63, 3.8) is 0 Å². The first-order chi connectivity index (χ1) is 46.4. The van der Waals surface area contributed by atoms with E-state index < -0.39 is 97.5 Å². The van der Waals surface area contributed by atoms with E-state index in [1.165, 1.54) is 218 Å². The summed E-state index contributed by atoms with van der Waals surface area (Å²) in [5, 5.41) is 10.6. The van der Waals surface area contributed by atoms with Crippen LogP contribution in [-0.2, 0) is 65.4 Å². The molecule has 96 heavy (non-hydrogen) atoms. The summed E-state index contributed by atoms with van der Waals surface area (Å²) in [5.41, 5.74) is 0. The van der Waals surface area contributed by atoms with E-state index in [2.05, 4.69) is 41.5 Å². The summed E-state index contributed by atoms with van der Waals surface area (Å²) in [6.45, 7) is 9.56. The highest BCUT2D eigenvalue weighted by atomic mass is 31.2. The molecule has 0 aromatic heterocycles. The van der Waals surface area contributed by atoms with Crippen molar-refractivity contribution in [2.75, 3.05) is 39.6 Å². The Morgan fingerprint density at radius 1 is 0.281 bits per heavy atom. The summed E-state index contributed by atoms with van der Waals surface area (Å²) >= 11 is 0. The molecular formula is C77H150O17P2. The first kappa shape index (κ1) is 94.1. The lowest BCUT2D eigenvalue weighted by Crippen LogP contribution is -2.30. The number of phosphoric acid groups is 2. The van der Waals surface area contributed by atoms with Crippen molar-refractivity contribution in [3.05, 3.63) is 0 Å². The second-order valence-electron chi connectivity index (χ2n) is 28.7. The third-order valence-electron chi connectivity index (χ3n) is 18.0. The van der Waals surface area contributed by atoms with Crippen molar-refractivity contribution in [1.82, 2.24) is 0 Å². The van der Waals surface area contributed by atoms with E-state index in [1.54, 1.807) is 0 Å². The molecule has 0 saturated carbocycles. The van der Waals surface area contributed by atoms with Crippen LogP contribution in [0.2, 0.25) is 0 Å². The minimum atomic E-state index is -4.96. The summed E-state index contributed by atoms with van der Waals surface area (Å²) in [6, 6.07) is 0. The standard InChI is InChI=1S/C77H150O17P2/c1-7-9-11-13-15-17-18-19-20-21-22-23-24-25-28-32-36-43-49-55-61-76(81)93-72(66-88-75(80)60-54-48-42-35-31-29-26-27-30-34-39-45-51-57-69(3)4)67-91-95(83,84)89-63-71(78)64-90-96(85,86)92-68-73(65-87-74(79)59-53-47-41-33-16-14-12-10-8-2)94-77(82)62-56-50-44-38-37-40-46-52-58-70(5)6/h69-73,78H,7-68H2,1-6H3,(H,83,84)(H,85,86)/t71-,72-,73-/m1/s1. The number of unbranched alkanes of at least 4 members (excludes halogenated alkanes) is 46. The van der Waals surface area contributed by atoms with Crippen molar-refractivity contribution in [2.45, 2.75) is 419 Å². The molecule has 0 rings (SSSR count). The Morgan fingerprint density at radius 2 is 0.479 bits per heavy atom. The summed E-state index contributed by atoms with van der Waals surface area (Å²) in [6.07, 6.45) is 57.0. The third-order valence-corrected chi connectivity index (χ3v) is 19.9. The van der Waals surface area contributed by atoms with Gasteiger partial charge >= 0.3 is 39.5 Å². The SMILES string of the molecule is CCCCCCCCCCCCCCCCCCCCCCC(=O)O[C@H](COC(=O)CCCCCCCCCCCCCCCC(C)C)COP(=O)(O)OC[C@@H](O)COP(=O)(O)OC[C@@H](COC(=O)CCCCCCCCCCC)OC(=O)CCCCCCCCCCC(C)C. The van der Waals surface area contributed by atoms with Gasteiger partial charge in [0.1, 0.15) is 19.3 Å². The van der Waals surface area contributed by atoms with Crippen molar-refractivity contribution in [2.24, 2.45) is 11.8 Å². The molecule has 0 bridgehead atoms. The molecule has 0 saturated heterocycles. The molecule has 0 aromatic carbocycles. The number of carbonyl (C=O) groups excluding carboxylic acids is 4. The maximum Gasteiger partial charge on any atom is 0.472 e. The van der Waals surface area contributed by atoms with Gasteiger partial charge in [0.25, 0.3) is 0 Å². The number of rotatable bonds is 76. The highest BCUT2D eigenvalue weighted by Crippen LogP contribution is 2.45. The van der Waals surface area contributed by atoms with Crippen molar-refractivity contribution in [1.29, 1.82) is 0 Å². The summed E-state index contributed by atoms with van der Waals surface area (Å²) in [7, 11) is -9.91. The zero-order valence-electron chi connectivity index (χ0n) is 62.7. The van der Waals surface area contributed by atoms with Crippen LogP contribution in [0.4, 0.5) is 0 Å². The molecule has 0 aliphatic rings. The number of carbonyl (C=O) groups is 4. The Labute approximate surface area is 588 Å². The van der Waals surface area contributed by atoms with Crippen LogP contribution in [0.3, 0.4) is 0 Å². The zero-order valence-corrected chi connectivity index (χ0v) is 64.5. The van der Waals surface area contributed by atoms with Crippen LogP contribution >= 0.6 is 15.6 Å². The molecule has 570 valence electrons. The average molecular weight is 1410 g/mol. The maximum atomic E-state index is 13.1. The van der Waals surface area contributed by atoms with Gasteiger partial charge in [0.2, 0.25) is 0 Å². The second-order valence-corrected chi connectivity index (χ2v) is 31.6. The third kappa shape index (κ3) is 70.5. The predicted octanol–water partition coefficient (Wildman–Crippen LogP) is 22.7. The Morgan fingerprint density at radius 3 is 0.708 bits per heavy atom. The van der Waals surface area contributed by atoms with Crippen LogP contribution < -0.4 is 0 Å². The van der Waals surface area contributed by atoms with Crippen molar-refractivity contribution in [3.8, 4) is 0 Å². The quantitative estimate of drug-likeness (QED) is 0.0222. The molecule has 5 atom stereocenters. The van der Waals surface area contributed by atoms with Crippen LogP contribution in [0, 0.1) is 11.8 Å². The molecule has 17 nitrogen and oxygen atoms in total. The fourth-order valence-corrected chi connectivity index (χ4v) is 13.4. The molecule has 19 heteroatoms. The number of ether oxygens (including phenoxy) is 4. The normalized spacial score (nSPS) is 14.0. The van der Waals surface area contributed by atoms with Crippen molar-refractivity contribution < 1.29 is 80.2 Å². The van der Waals surface area contributed by atoms with E-state index in [-0.39, 0.29) is 25.7 Å². The van der Waals surface area contributed by atoms with E-state index in [0.29, 0.717) is 25.7 Å². The monoisotopic (exact) mass is 1410 g/mol. The minimum Gasteiger partial charge on any atom is -0.462 e. The number of phosphoric ester groups is 2. The molecule has 0 aliphatic heterocycles. The zero-order chi connectivity index (χ0) is 70.7. The Kier molecular flexibility index (Phi) is 67.4. The number of hydrogen-bond donors (Lipinski definition) is 3. The van der Waals surface area contributed by atoms with Crippen molar-refractivity contribution >= 4 is 39.5 Å². The van der Waals surface area contributed by atoms with E-state index >= 15 is 0 Å². The molecule has 0 amide bonds. The Balaban J connectivity index is 5.20. The average Bonchev–Trinajstić information content (AvgIpc) is 1.56. The maximum absolute atomic E-state index is 13.1. The first-order valence-electron chi connectivity index (χ1n) is 40.0. The van der Waals surface area contributed by atoms with Gasteiger partial charge in [-0.2, -0.15) is 0 Å². The topological polar surface area (TPSA) is 237 Å². The van der Waals surface area contributed by atoms with Crippen LogP contribution in [0.25, 0.3) is 0 Å². The summed E-state index contributed by atoms with van der Waals surface area (Å²) in [4.78, 5) is 72.8.